The average molecular weight is 224 g/mol. The Hall–Kier alpha value is -0.260. The SMILES string of the molecule is CC(C)=CC[C@H](C)CC[C@H](C)CCC(C)C. The van der Waals surface area contributed by atoms with Crippen molar-refractivity contribution >= 4 is 0 Å². The number of hydrogen-bond donors (Lipinski definition) is 0. The zero-order chi connectivity index (χ0) is 12.6. The molecule has 0 aliphatic heterocycles. The summed E-state index contributed by atoms with van der Waals surface area (Å²) in [5.41, 5.74) is 1.46. The van der Waals surface area contributed by atoms with Crippen LogP contribution in [0.25, 0.3) is 0 Å². The largest absolute Gasteiger partial charge is 0.0856 e. The van der Waals surface area contributed by atoms with E-state index in [2.05, 4.69) is 47.6 Å². The molecule has 0 saturated heterocycles. The van der Waals surface area contributed by atoms with Crippen molar-refractivity contribution in [3.05, 3.63) is 11.6 Å². The van der Waals surface area contributed by atoms with E-state index in [0.29, 0.717) is 0 Å². The van der Waals surface area contributed by atoms with Crippen molar-refractivity contribution in [2.75, 3.05) is 0 Å². The van der Waals surface area contributed by atoms with Crippen LogP contribution in [0.4, 0.5) is 0 Å². The van der Waals surface area contributed by atoms with Gasteiger partial charge in [-0.05, 0) is 38.0 Å². The maximum atomic E-state index is 2.41. The average Bonchev–Trinajstić information content (AvgIpc) is 2.20. The Morgan fingerprint density at radius 3 is 1.81 bits per heavy atom. The van der Waals surface area contributed by atoms with Crippen LogP contribution in [-0.2, 0) is 0 Å². The molecule has 96 valence electrons. The summed E-state index contributed by atoms with van der Waals surface area (Å²) in [6.45, 7) is 13.8. The summed E-state index contributed by atoms with van der Waals surface area (Å²) in [4.78, 5) is 0. The number of hydrogen-bond acceptors (Lipinski definition) is 0. The first-order chi connectivity index (χ1) is 7.41. The van der Waals surface area contributed by atoms with Gasteiger partial charge in [0.05, 0.1) is 0 Å². The third-order valence-electron chi connectivity index (χ3n) is 3.32. The normalized spacial score (nSPS) is 14.9. The van der Waals surface area contributed by atoms with Crippen molar-refractivity contribution in [2.45, 2.75) is 73.6 Å². The molecule has 0 saturated carbocycles. The fourth-order valence-corrected chi connectivity index (χ4v) is 1.89. The predicted octanol–water partition coefficient (Wildman–Crippen LogP) is 5.83. The molecular weight excluding hydrogens is 192 g/mol. The molecular formula is C16H32. The van der Waals surface area contributed by atoms with Crippen LogP contribution in [0, 0.1) is 17.8 Å². The van der Waals surface area contributed by atoms with Crippen LogP contribution >= 0.6 is 0 Å². The zero-order valence-corrected chi connectivity index (χ0v) is 12.3. The van der Waals surface area contributed by atoms with Crippen molar-refractivity contribution < 1.29 is 0 Å². The summed E-state index contributed by atoms with van der Waals surface area (Å²) in [5, 5.41) is 0. The van der Waals surface area contributed by atoms with E-state index in [9.17, 15) is 0 Å². The van der Waals surface area contributed by atoms with Gasteiger partial charge in [-0.1, -0.05) is 65.0 Å². The van der Waals surface area contributed by atoms with Gasteiger partial charge >= 0.3 is 0 Å². The maximum Gasteiger partial charge on any atom is -0.0322 e. The molecule has 0 N–H and O–H groups in total. The Kier molecular flexibility index (Phi) is 8.70. The van der Waals surface area contributed by atoms with Crippen LogP contribution in [0.5, 0.6) is 0 Å². The minimum atomic E-state index is 0.858. The molecule has 0 aromatic carbocycles. The minimum absolute atomic E-state index is 0.858. The van der Waals surface area contributed by atoms with Gasteiger partial charge in [0.25, 0.3) is 0 Å². The van der Waals surface area contributed by atoms with Crippen molar-refractivity contribution in [1.82, 2.24) is 0 Å². The summed E-state index contributed by atoms with van der Waals surface area (Å²) >= 11 is 0. The van der Waals surface area contributed by atoms with Crippen LogP contribution in [0.1, 0.15) is 73.6 Å². The molecule has 0 aliphatic carbocycles. The lowest BCUT2D eigenvalue weighted by Crippen LogP contribution is -2.01. The second kappa shape index (κ2) is 8.84. The highest BCUT2D eigenvalue weighted by molar-refractivity contribution is 4.93. The van der Waals surface area contributed by atoms with Gasteiger partial charge in [0, 0.05) is 0 Å². The maximum absolute atomic E-state index is 2.41. The lowest BCUT2D eigenvalue weighted by Gasteiger charge is -2.15. The van der Waals surface area contributed by atoms with Crippen LogP contribution < -0.4 is 0 Å². The Morgan fingerprint density at radius 2 is 1.31 bits per heavy atom. The summed E-state index contributed by atoms with van der Waals surface area (Å²) in [7, 11) is 0. The van der Waals surface area contributed by atoms with Crippen molar-refractivity contribution in [2.24, 2.45) is 17.8 Å². The van der Waals surface area contributed by atoms with Gasteiger partial charge in [-0.25, -0.2) is 0 Å². The fourth-order valence-electron chi connectivity index (χ4n) is 1.89. The van der Waals surface area contributed by atoms with Gasteiger partial charge in [0.2, 0.25) is 0 Å². The van der Waals surface area contributed by atoms with E-state index in [0.717, 1.165) is 17.8 Å². The van der Waals surface area contributed by atoms with Gasteiger partial charge in [-0.3, -0.25) is 0 Å². The Bertz CT molecular complexity index is 184. The van der Waals surface area contributed by atoms with Gasteiger partial charge in [-0.2, -0.15) is 0 Å². The van der Waals surface area contributed by atoms with E-state index in [1.54, 1.807) is 0 Å². The summed E-state index contributed by atoms with van der Waals surface area (Å²) in [6.07, 6.45) is 9.24. The fraction of sp³-hybridized carbons (Fsp3) is 0.875. The highest BCUT2D eigenvalue weighted by Crippen LogP contribution is 2.21. The smallest absolute Gasteiger partial charge is 0.0322 e. The van der Waals surface area contributed by atoms with Crippen LogP contribution in [0.3, 0.4) is 0 Å². The molecule has 0 aromatic rings. The Morgan fingerprint density at radius 1 is 0.812 bits per heavy atom. The van der Waals surface area contributed by atoms with Gasteiger partial charge in [0.15, 0.2) is 0 Å². The minimum Gasteiger partial charge on any atom is -0.0856 e. The van der Waals surface area contributed by atoms with Crippen molar-refractivity contribution in [3.63, 3.8) is 0 Å². The molecule has 0 heteroatoms. The third kappa shape index (κ3) is 10.3. The third-order valence-corrected chi connectivity index (χ3v) is 3.32. The van der Waals surface area contributed by atoms with E-state index in [1.807, 2.05) is 0 Å². The molecule has 0 radical (unpaired) electrons. The lowest BCUT2D eigenvalue weighted by atomic mass is 9.91. The molecule has 16 heavy (non-hydrogen) atoms. The molecule has 0 fully saturated rings. The first-order valence-electron chi connectivity index (χ1n) is 7.05. The van der Waals surface area contributed by atoms with Crippen molar-refractivity contribution in [3.8, 4) is 0 Å². The quantitative estimate of drug-likeness (QED) is 0.455. The molecule has 2 atom stereocenters. The lowest BCUT2D eigenvalue weighted by molar-refractivity contribution is 0.384. The highest BCUT2D eigenvalue weighted by Gasteiger charge is 2.06. The van der Waals surface area contributed by atoms with Gasteiger partial charge in [0.1, 0.15) is 0 Å². The number of rotatable bonds is 8. The van der Waals surface area contributed by atoms with Crippen LogP contribution in [0.15, 0.2) is 11.6 Å². The van der Waals surface area contributed by atoms with Gasteiger partial charge in [-0.15, -0.1) is 0 Å². The summed E-state index contributed by atoms with van der Waals surface area (Å²) < 4.78 is 0. The Labute approximate surface area is 104 Å². The molecule has 0 unspecified atom stereocenters. The second-order valence-electron chi connectivity index (χ2n) is 6.28. The molecule has 0 spiro atoms. The van der Waals surface area contributed by atoms with Crippen LogP contribution in [0.2, 0.25) is 0 Å². The van der Waals surface area contributed by atoms with E-state index in [4.69, 9.17) is 0 Å². The van der Waals surface area contributed by atoms with E-state index in [-0.39, 0.29) is 0 Å². The molecule has 0 rings (SSSR count). The molecule has 0 aromatic heterocycles. The highest BCUT2D eigenvalue weighted by atomic mass is 14.1. The van der Waals surface area contributed by atoms with E-state index in [1.165, 1.54) is 37.7 Å². The summed E-state index contributed by atoms with van der Waals surface area (Å²) in [5.74, 6) is 2.64. The zero-order valence-electron chi connectivity index (χ0n) is 12.3. The van der Waals surface area contributed by atoms with E-state index < -0.39 is 0 Å². The first-order valence-corrected chi connectivity index (χ1v) is 7.05. The Balaban J connectivity index is 3.58. The summed E-state index contributed by atoms with van der Waals surface area (Å²) in [6, 6.07) is 0. The molecule has 0 heterocycles. The molecule has 0 bridgehead atoms. The second-order valence-corrected chi connectivity index (χ2v) is 6.28. The van der Waals surface area contributed by atoms with E-state index >= 15 is 0 Å². The van der Waals surface area contributed by atoms with Crippen molar-refractivity contribution in [1.29, 1.82) is 0 Å². The topological polar surface area (TPSA) is 0 Å². The number of allylic oxidation sites excluding steroid dienone is 2. The van der Waals surface area contributed by atoms with Crippen LogP contribution in [-0.4, -0.2) is 0 Å². The monoisotopic (exact) mass is 224 g/mol. The van der Waals surface area contributed by atoms with Gasteiger partial charge < -0.3 is 0 Å². The standard InChI is InChI=1S/C16H32/c1-13(2)7-9-15(5)11-12-16(6)10-8-14(3)4/h7,14-16H,8-12H2,1-6H3/t15-,16+/m0/s1. The molecule has 0 nitrogen and oxygen atoms in total. The molecule has 0 aliphatic rings. The predicted molar refractivity (Wildman–Crippen MR) is 75.7 cm³/mol. The molecule has 0 amide bonds. The first kappa shape index (κ1) is 15.7.